The topological polar surface area (TPSA) is 35.9 Å². The largest absolute Gasteiger partial charge is 0.389 e. The maximum Gasteiger partial charge on any atom is 0.0900 e. The molecule has 0 unspecified atom stereocenters. The SMILES string of the molecule is COC[C@@H](O)CN1CCN(C)CC12CCCCC2. The summed E-state index contributed by atoms with van der Waals surface area (Å²) in [4.78, 5) is 4.99. The van der Waals surface area contributed by atoms with Crippen LogP contribution in [0.3, 0.4) is 0 Å². The van der Waals surface area contributed by atoms with Crippen LogP contribution in [0.4, 0.5) is 0 Å². The Labute approximate surface area is 111 Å². The van der Waals surface area contributed by atoms with Crippen LogP contribution in [0.5, 0.6) is 0 Å². The van der Waals surface area contributed by atoms with Crippen molar-refractivity contribution in [3.63, 3.8) is 0 Å². The summed E-state index contributed by atoms with van der Waals surface area (Å²) in [5.74, 6) is 0. The van der Waals surface area contributed by atoms with Crippen LogP contribution in [0.25, 0.3) is 0 Å². The van der Waals surface area contributed by atoms with Crippen molar-refractivity contribution in [1.82, 2.24) is 9.80 Å². The average molecular weight is 256 g/mol. The van der Waals surface area contributed by atoms with E-state index in [2.05, 4.69) is 16.8 Å². The number of β-amino-alcohol motifs (C(OH)–C–C–N with tert-alkyl or cyclic N) is 1. The summed E-state index contributed by atoms with van der Waals surface area (Å²) in [5.41, 5.74) is 0.319. The van der Waals surface area contributed by atoms with Crippen molar-refractivity contribution in [3.8, 4) is 0 Å². The van der Waals surface area contributed by atoms with Gasteiger partial charge in [0.25, 0.3) is 0 Å². The highest BCUT2D eigenvalue weighted by Gasteiger charge is 2.41. The molecule has 0 aromatic rings. The second-order valence-electron chi connectivity index (χ2n) is 6.08. The summed E-state index contributed by atoms with van der Waals surface area (Å²) in [6.45, 7) is 4.57. The van der Waals surface area contributed by atoms with Gasteiger partial charge in [0, 0.05) is 38.8 Å². The number of rotatable bonds is 4. The predicted octanol–water partition coefficient (Wildman–Crippen LogP) is 0.944. The molecule has 1 atom stereocenters. The Morgan fingerprint density at radius 1 is 1.22 bits per heavy atom. The van der Waals surface area contributed by atoms with Crippen molar-refractivity contribution in [2.45, 2.75) is 43.7 Å². The van der Waals surface area contributed by atoms with E-state index in [1.54, 1.807) is 7.11 Å². The molecule has 1 N–H and O–H groups in total. The number of hydrogen-bond acceptors (Lipinski definition) is 4. The highest BCUT2D eigenvalue weighted by molar-refractivity contribution is 4.98. The maximum atomic E-state index is 10.0. The molecule has 1 aliphatic heterocycles. The van der Waals surface area contributed by atoms with Crippen molar-refractivity contribution in [2.24, 2.45) is 0 Å². The molecule has 106 valence electrons. The van der Waals surface area contributed by atoms with Crippen molar-refractivity contribution in [3.05, 3.63) is 0 Å². The number of methoxy groups -OCH3 is 1. The van der Waals surface area contributed by atoms with Crippen molar-refractivity contribution in [1.29, 1.82) is 0 Å². The van der Waals surface area contributed by atoms with Crippen LogP contribution in [0.1, 0.15) is 32.1 Å². The molecule has 0 amide bonds. The number of nitrogens with zero attached hydrogens (tertiary/aromatic N) is 2. The molecule has 0 radical (unpaired) electrons. The van der Waals surface area contributed by atoms with Gasteiger partial charge in [-0.2, -0.15) is 0 Å². The first-order chi connectivity index (χ1) is 8.66. The molecule has 0 aromatic carbocycles. The monoisotopic (exact) mass is 256 g/mol. The number of likely N-dealkylation sites (N-methyl/N-ethyl adjacent to an activating group) is 1. The molecule has 1 aliphatic carbocycles. The minimum Gasteiger partial charge on any atom is -0.389 e. The zero-order valence-electron chi connectivity index (χ0n) is 11.9. The van der Waals surface area contributed by atoms with Crippen LogP contribution < -0.4 is 0 Å². The lowest BCUT2D eigenvalue weighted by atomic mass is 9.78. The summed E-state index contributed by atoms with van der Waals surface area (Å²) in [6, 6.07) is 0. The van der Waals surface area contributed by atoms with Crippen LogP contribution in [-0.2, 0) is 4.74 Å². The lowest BCUT2D eigenvalue weighted by molar-refractivity contribution is -0.0530. The molecule has 0 aromatic heterocycles. The van der Waals surface area contributed by atoms with E-state index >= 15 is 0 Å². The zero-order valence-corrected chi connectivity index (χ0v) is 11.9. The molecule has 2 fully saturated rings. The van der Waals surface area contributed by atoms with Gasteiger partial charge in [0.1, 0.15) is 0 Å². The number of piperazine rings is 1. The van der Waals surface area contributed by atoms with Crippen LogP contribution in [-0.4, -0.2) is 73.5 Å². The van der Waals surface area contributed by atoms with E-state index in [1.165, 1.54) is 32.1 Å². The third-order valence-electron chi connectivity index (χ3n) is 4.56. The number of aliphatic hydroxyl groups excluding tert-OH is 1. The normalized spacial score (nSPS) is 27.5. The van der Waals surface area contributed by atoms with Gasteiger partial charge < -0.3 is 14.7 Å². The molecule has 1 spiro atoms. The van der Waals surface area contributed by atoms with Crippen LogP contribution in [0.15, 0.2) is 0 Å². The van der Waals surface area contributed by atoms with E-state index in [4.69, 9.17) is 4.74 Å². The fourth-order valence-electron chi connectivity index (χ4n) is 3.68. The van der Waals surface area contributed by atoms with Gasteiger partial charge in [0.2, 0.25) is 0 Å². The standard InChI is InChI=1S/C14H28N2O2/c1-15-8-9-16(10-13(17)11-18-2)14(12-15)6-4-3-5-7-14/h13,17H,3-12H2,1-2H3/t13-/m0/s1. The molecule has 4 heteroatoms. The van der Waals surface area contributed by atoms with E-state index in [1.807, 2.05) is 0 Å². The first kappa shape index (κ1) is 14.3. The van der Waals surface area contributed by atoms with E-state index in [-0.39, 0.29) is 6.10 Å². The van der Waals surface area contributed by atoms with E-state index in [0.29, 0.717) is 12.1 Å². The zero-order chi connectivity index (χ0) is 13.0. The Kier molecular flexibility index (Phi) is 5.01. The van der Waals surface area contributed by atoms with Crippen molar-refractivity contribution in [2.75, 3.05) is 46.9 Å². The second kappa shape index (κ2) is 6.33. The quantitative estimate of drug-likeness (QED) is 0.812. The first-order valence-corrected chi connectivity index (χ1v) is 7.27. The van der Waals surface area contributed by atoms with E-state index in [9.17, 15) is 5.11 Å². The fraction of sp³-hybridized carbons (Fsp3) is 1.00. The summed E-state index contributed by atoms with van der Waals surface area (Å²) in [5, 5.41) is 10.0. The van der Waals surface area contributed by atoms with Crippen LogP contribution in [0, 0.1) is 0 Å². The Bertz CT molecular complexity index is 254. The van der Waals surface area contributed by atoms with Crippen molar-refractivity contribution >= 4 is 0 Å². The van der Waals surface area contributed by atoms with Gasteiger partial charge in [-0.25, -0.2) is 0 Å². The number of ether oxygens (including phenoxy) is 1. The van der Waals surface area contributed by atoms with Gasteiger partial charge in [-0.3, -0.25) is 4.90 Å². The van der Waals surface area contributed by atoms with Crippen LogP contribution in [0.2, 0.25) is 0 Å². The Morgan fingerprint density at radius 3 is 2.61 bits per heavy atom. The summed E-state index contributed by atoms with van der Waals surface area (Å²) < 4.78 is 5.05. The average Bonchev–Trinajstić information content (AvgIpc) is 2.34. The van der Waals surface area contributed by atoms with Gasteiger partial charge in [0.15, 0.2) is 0 Å². The van der Waals surface area contributed by atoms with Gasteiger partial charge in [-0.1, -0.05) is 19.3 Å². The number of aliphatic hydroxyl groups is 1. The lowest BCUT2D eigenvalue weighted by Crippen LogP contribution is -2.63. The minimum atomic E-state index is -0.350. The van der Waals surface area contributed by atoms with Gasteiger partial charge in [0.05, 0.1) is 12.7 Å². The van der Waals surface area contributed by atoms with E-state index < -0.39 is 0 Å². The Hall–Kier alpha value is -0.160. The van der Waals surface area contributed by atoms with Crippen molar-refractivity contribution < 1.29 is 9.84 Å². The number of hydrogen-bond donors (Lipinski definition) is 1. The molecule has 4 nitrogen and oxygen atoms in total. The highest BCUT2D eigenvalue weighted by atomic mass is 16.5. The second-order valence-corrected chi connectivity index (χ2v) is 6.08. The van der Waals surface area contributed by atoms with Gasteiger partial charge >= 0.3 is 0 Å². The molecule has 18 heavy (non-hydrogen) atoms. The maximum absolute atomic E-state index is 10.0. The molecule has 2 aliphatic rings. The first-order valence-electron chi connectivity index (χ1n) is 7.27. The fourth-order valence-corrected chi connectivity index (χ4v) is 3.68. The van der Waals surface area contributed by atoms with E-state index in [0.717, 1.165) is 26.2 Å². The highest BCUT2D eigenvalue weighted by Crippen LogP contribution is 2.36. The molecule has 2 rings (SSSR count). The smallest absolute Gasteiger partial charge is 0.0900 e. The Balaban J connectivity index is 2.00. The molecule has 1 heterocycles. The third kappa shape index (κ3) is 3.23. The third-order valence-corrected chi connectivity index (χ3v) is 4.56. The minimum absolute atomic E-state index is 0.319. The predicted molar refractivity (Wildman–Crippen MR) is 72.8 cm³/mol. The molecular formula is C14H28N2O2. The summed E-state index contributed by atoms with van der Waals surface area (Å²) in [6.07, 6.45) is 6.28. The molecule has 1 saturated heterocycles. The van der Waals surface area contributed by atoms with Gasteiger partial charge in [-0.15, -0.1) is 0 Å². The molecule has 1 saturated carbocycles. The Morgan fingerprint density at radius 2 is 1.94 bits per heavy atom. The molecular weight excluding hydrogens is 228 g/mol. The molecule has 0 bridgehead atoms. The van der Waals surface area contributed by atoms with Crippen LogP contribution >= 0.6 is 0 Å². The lowest BCUT2D eigenvalue weighted by Gasteiger charge is -2.52. The summed E-state index contributed by atoms with van der Waals surface area (Å²) >= 11 is 0. The summed E-state index contributed by atoms with van der Waals surface area (Å²) in [7, 11) is 3.88. The van der Waals surface area contributed by atoms with Gasteiger partial charge in [-0.05, 0) is 19.9 Å².